The predicted octanol–water partition coefficient (Wildman–Crippen LogP) is 1.41. The lowest BCUT2D eigenvalue weighted by Crippen LogP contribution is -2.55. The quantitative estimate of drug-likeness (QED) is 0.570. The van der Waals surface area contributed by atoms with Gasteiger partial charge in [-0.3, -0.25) is 24.5 Å². The van der Waals surface area contributed by atoms with E-state index < -0.39 is 35.4 Å². The van der Waals surface area contributed by atoms with Crippen molar-refractivity contribution in [2.75, 3.05) is 0 Å². The average Bonchev–Trinajstić information content (AvgIpc) is 2.70. The molecule has 3 N–H and O–H groups in total. The maximum absolute atomic E-state index is 12.5. The van der Waals surface area contributed by atoms with Gasteiger partial charge in [0.15, 0.2) is 0 Å². The van der Waals surface area contributed by atoms with Crippen molar-refractivity contribution < 1.29 is 23.6 Å². The van der Waals surface area contributed by atoms with Gasteiger partial charge in [0.2, 0.25) is 17.7 Å². The minimum Gasteiger partial charge on any atom is -0.423 e. The Morgan fingerprint density at radius 1 is 1.03 bits per heavy atom. The second kappa shape index (κ2) is 10.0. The van der Waals surface area contributed by atoms with E-state index in [1.54, 1.807) is 13.0 Å². The van der Waals surface area contributed by atoms with Gasteiger partial charge >= 0.3 is 5.63 Å². The van der Waals surface area contributed by atoms with Crippen LogP contribution >= 0.6 is 0 Å². The van der Waals surface area contributed by atoms with Crippen molar-refractivity contribution in [3.63, 3.8) is 0 Å². The molecule has 2 aromatic rings. The topological polar surface area (TPSA) is 135 Å². The van der Waals surface area contributed by atoms with Gasteiger partial charge in [0.1, 0.15) is 17.7 Å². The lowest BCUT2D eigenvalue weighted by Gasteiger charge is -2.24. The molecule has 0 aliphatic rings. The molecule has 3 atom stereocenters. The summed E-state index contributed by atoms with van der Waals surface area (Å²) in [5.74, 6) is -2.42. The van der Waals surface area contributed by atoms with Gasteiger partial charge in [0, 0.05) is 23.9 Å². The minimum atomic E-state index is -1.02. The number of nitrogens with one attached hydrogen (secondary N) is 3. The number of imide groups is 1. The first-order valence-electron chi connectivity index (χ1n) is 10.0. The van der Waals surface area contributed by atoms with Crippen molar-refractivity contribution in [2.24, 2.45) is 5.92 Å². The van der Waals surface area contributed by atoms with E-state index in [9.17, 15) is 24.0 Å². The first-order chi connectivity index (χ1) is 14.5. The van der Waals surface area contributed by atoms with Crippen LogP contribution in [0.25, 0.3) is 11.0 Å². The summed E-state index contributed by atoms with van der Waals surface area (Å²) in [6.07, 6.45) is 0.648. The lowest BCUT2D eigenvalue weighted by atomic mass is 9.98. The first-order valence-corrected chi connectivity index (χ1v) is 10.0. The van der Waals surface area contributed by atoms with Crippen LogP contribution in [0.5, 0.6) is 0 Å². The van der Waals surface area contributed by atoms with E-state index in [2.05, 4.69) is 16.0 Å². The number of benzene rings is 1. The molecule has 0 saturated heterocycles. The highest BCUT2D eigenvalue weighted by Crippen LogP contribution is 2.18. The largest absolute Gasteiger partial charge is 0.423 e. The summed E-state index contributed by atoms with van der Waals surface area (Å²) in [7, 11) is 0. The normalized spacial score (nSPS) is 13.7. The molecule has 0 fully saturated rings. The van der Waals surface area contributed by atoms with Crippen molar-refractivity contribution in [3.05, 3.63) is 45.8 Å². The highest BCUT2D eigenvalue weighted by molar-refractivity contribution is 6.08. The van der Waals surface area contributed by atoms with Crippen molar-refractivity contribution >= 4 is 34.6 Å². The highest BCUT2D eigenvalue weighted by atomic mass is 16.4. The fourth-order valence-corrected chi connectivity index (χ4v) is 3.05. The van der Waals surface area contributed by atoms with E-state index in [1.165, 1.54) is 32.0 Å². The zero-order valence-electron chi connectivity index (χ0n) is 18.2. The molecule has 0 bridgehead atoms. The third-order valence-electron chi connectivity index (χ3n) is 5.06. The molecule has 4 amide bonds. The average molecular weight is 429 g/mol. The maximum atomic E-state index is 12.5. The zero-order valence-corrected chi connectivity index (χ0v) is 18.2. The monoisotopic (exact) mass is 429 g/mol. The molecule has 0 spiro atoms. The molecule has 1 aromatic carbocycles. The van der Waals surface area contributed by atoms with Gasteiger partial charge in [-0.25, -0.2) is 4.79 Å². The number of carbonyl (C=O) groups is 4. The molecule has 0 aliphatic carbocycles. The third-order valence-corrected chi connectivity index (χ3v) is 5.06. The Labute approximate surface area is 179 Å². The van der Waals surface area contributed by atoms with Gasteiger partial charge in [0.25, 0.3) is 5.91 Å². The number of rotatable bonds is 7. The number of carbonyl (C=O) groups excluding carboxylic acids is 4. The van der Waals surface area contributed by atoms with Gasteiger partial charge in [-0.2, -0.15) is 0 Å². The first kappa shape index (κ1) is 23.8. The number of fused-ring (bicyclic) bond motifs is 1. The Balaban J connectivity index is 2.09. The Morgan fingerprint density at radius 3 is 2.32 bits per heavy atom. The molecule has 1 heterocycles. The van der Waals surface area contributed by atoms with Gasteiger partial charge in [-0.15, -0.1) is 0 Å². The van der Waals surface area contributed by atoms with Gasteiger partial charge in [-0.05, 0) is 37.5 Å². The molecule has 1 aromatic heterocycles. The summed E-state index contributed by atoms with van der Waals surface area (Å²) in [4.78, 5) is 60.4. The van der Waals surface area contributed by atoms with Crippen molar-refractivity contribution in [1.82, 2.24) is 16.0 Å². The molecule has 0 aliphatic heterocycles. The van der Waals surface area contributed by atoms with E-state index in [0.29, 0.717) is 17.4 Å². The predicted molar refractivity (Wildman–Crippen MR) is 114 cm³/mol. The van der Waals surface area contributed by atoms with Crippen LogP contribution in [0.3, 0.4) is 0 Å². The van der Waals surface area contributed by atoms with Crippen LogP contribution in [-0.4, -0.2) is 35.7 Å². The second-order valence-corrected chi connectivity index (χ2v) is 7.57. The van der Waals surface area contributed by atoms with Crippen LogP contribution in [0.2, 0.25) is 0 Å². The molecule has 0 radical (unpaired) electrons. The zero-order chi connectivity index (χ0) is 23.3. The lowest BCUT2D eigenvalue weighted by molar-refractivity contribution is -0.132. The number of hydrogen-bond donors (Lipinski definition) is 3. The van der Waals surface area contributed by atoms with Crippen molar-refractivity contribution in [2.45, 2.75) is 53.1 Å². The van der Waals surface area contributed by atoms with Gasteiger partial charge < -0.3 is 15.1 Å². The van der Waals surface area contributed by atoms with Crippen LogP contribution in [0.1, 0.15) is 50.0 Å². The van der Waals surface area contributed by atoms with Crippen LogP contribution < -0.4 is 21.6 Å². The molecule has 0 unspecified atom stereocenters. The fraction of sp³-hybridized carbons (Fsp3) is 0.409. The molecule has 9 heteroatoms. The fourth-order valence-electron chi connectivity index (χ4n) is 3.05. The SMILES string of the molecule is CC[C@H](C)[C@H](NC(C)=O)C(=O)N[C@@H](C)C(=O)NC(=O)c1ccc2c(C)cc(=O)oc2c1. The van der Waals surface area contributed by atoms with Crippen LogP contribution in [0, 0.1) is 12.8 Å². The van der Waals surface area contributed by atoms with E-state index in [0.717, 1.165) is 0 Å². The molecule has 31 heavy (non-hydrogen) atoms. The highest BCUT2D eigenvalue weighted by Gasteiger charge is 2.28. The molecular formula is C22H27N3O6. The standard InChI is InChI=1S/C22H27N3O6/c1-6-11(2)19(24-14(5)26)22(30)23-13(4)20(28)25-21(29)15-7-8-16-12(3)9-18(27)31-17(16)10-15/h7-11,13,19H,6H2,1-5H3,(H,23,30)(H,24,26)(H,25,28,29)/t11-,13-,19-/m0/s1. The smallest absolute Gasteiger partial charge is 0.336 e. The molecule has 166 valence electrons. The summed E-state index contributed by atoms with van der Waals surface area (Å²) in [5, 5.41) is 8.00. The van der Waals surface area contributed by atoms with Crippen molar-refractivity contribution in [1.29, 1.82) is 0 Å². The van der Waals surface area contributed by atoms with Crippen LogP contribution in [0.4, 0.5) is 0 Å². The van der Waals surface area contributed by atoms with E-state index >= 15 is 0 Å². The maximum Gasteiger partial charge on any atom is 0.336 e. The van der Waals surface area contributed by atoms with Crippen LogP contribution in [0.15, 0.2) is 33.5 Å². The molecule has 2 rings (SSSR count). The Kier molecular flexibility index (Phi) is 7.68. The van der Waals surface area contributed by atoms with E-state index in [4.69, 9.17) is 4.42 Å². The Bertz CT molecular complexity index is 1070. The third kappa shape index (κ3) is 6.00. The molecule has 9 nitrogen and oxygen atoms in total. The van der Waals surface area contributed by atoms with Crippen molar-refractivity contribution in [3.8, 4) is 0 Å². The number of amides is 4. The Hall–Kier alpha value is -3.49. The second-order valence-electron chi connectivity index (χ2n) is 7.57. The van der Waals surface area contributed by atoms with E-state index in [-0.39, 0.29) is 23.0 Å². The summed E-state index contributed by atoms with van der Waals surface area (Å²) in [6, 6.07) is 4.06. The summed E-state index contributed by atoms with van der Waals surface area (Å²) in [5.41, 5.74) is 0.535. The minimum absolute atomic E-state index is 0.129. The Morgan fingerprint density at radius 2 is 1.71 bits per heavy atom. The number of aryl methyl sites for hydroxylation is 1. The summed E-state index contributed by atoms with van der Waals surface area (Å²) in [6.45, 7) is 8.19. The number of hydrogen-bond acceptors (Lipinski definition) is 6. The summed E-state index contributed by atoms with van der Waals surface area (Å²) >= 11 is 0. The summed E-state index contributed by atoms with van der Waals surface area (Å²) < 4.78 is 5.12. The molecular weight excluding hydrogens is 402 g/mol. The van der Waals surface area contributed by atoms with Gasteiger partial charge in [0.05, 0.1) is 0 Å². The van der Waals surface area contributed by atoms with Crippen LogP contribution in [-0.2, 0) is 14.4 Å². The van der Waals surface area contributed by atoms with Gasteiger partial charge in [-0.1, -0.05) is 26.3 Å². The van der Waals surface area contributed by atoms with E-state index in [1.807, 2.05) is 13.8 Å². The molecule has 0 saturated carbocycles.